The lowest BCUT2D eigenvalue weighted by Gasteiger charge is -2.08. The fourth-order valence-electron chi connectivity index (χ4n) is 1.36. The summed E-state index contributed by atoms with van der Waals surface area (Å²) in [6.45, 7) is 0.503. The number of amides is 2. The Bertz CT molecular complexity index is 426. The van der Waals surface area contributed by atoms with E-state index in [1.807, 2.05) is 0 Å². The first-order valence-electron chi connectivity index (χ1n) is 5.67. The third kappa shape index (κ3) is 5.58. The predicted molar refractivity (Wildman–Crippen MR) is 74.1 cm³/mol. The number of benzene rings is 1. The molecule has 0 fully saturated rings. The number of anilines is 1. The minimum absolute atomic E-state index is 0.165. The Hall–Kier alpha value is -1.69. The zero-order chi connectivity index (χ0) is 13.4. The van der Waals surface area contributed by atoms with Crippen LogP contribution in [0.2, 0.25) is 0 Å². The van der Waals surface area contributed by atoms with Crippen molar-refractivity contribution in [1.29, 1.82) is 0 Å². The first-order valence-corrected chi connectivity index (χ1v) is 6.08. The minimum atomic E-state index is -0.457. The van der Waals surface area contributed by atoms with Crippen molar-refractivity contribution in [2.24, 2.45) is 5.73 Å². The van der Waals surface area contributed by atoms with Gasteiger partial charge < -0.3 is 16.4 Å². The molecule has 0 aromatic heterocycles. The summed E-state index contributed by atoms with van der Waals surface area (Å²) in [5.41, 5.74) is 5.51. The molecule has 1 rings (SSSR count). The molecule has 0 spiro atoms. The van der Waals surface area contributed by atoms with Gasteiger partial charge in [-0.15, -0.1) is 0 Å². The zero-order valence-corrected chi connectivity index (χ0v) is 10.7. The highest BCUT2D eigenvalue weighted by Crippen LogP contribution is 2.11. The van der Waals surface area contributed by atoms with Gasteiger partial charge in [0.25, 0.3) is 0 Å². The second-order valence-corrected chi connectivity index (χ2v) is 4.31. The molecule has 0 saturated carbocycles. The van der Waals surface area contributed by atoms with Crippen LogP contribution < -0.4 is 16.4 Å². The van der Waals surface area contributed by atoms with Crippen molar-refractivity contribution >= 4 is 28.9 Å². The van der Waals surface area contributed by atoms with Gasteiger partial charge in [0.05, 0.1) is 10.7 Å². The summed E-state index contributed by atoms with van der Waals surface area (Å²) >= 11 is 4.73. The predicted octanol–water partition coefficient (Wildman–Crippen LogP) is 2.40. The van der Waals surface area contributed by atoms with Gasteiger partial charge in [-0.2, -0.15) is 0 Å². The van der Waals surface area contributed by atoms with Crippen LogP contribution in [0.15, 0.2) is 24.3 Å². The zero-order valence-electron chi connectivity index (χ0n) is 9.91. The number of unbranched alkanes of at least 4 members (excludes halogenated alkanes) is 1. The first-order chi connectivity index (χ1) is 8.59. The van der Waals surface area contributed by atoms with E-state index in [9.17, 15) is 9.18 Å². The Kier molecular flexibility index (Phi) is 6.07. The summed E-state index contributed by atoms with van der Waals surface area (Å²) in [5.74, 6) is -0.457. The smallest absolute Gasteiger partial charge is 0.319 e. The molecule has 98 valence electrons. The summed E-state index contributed by atoms with van der Waals surface area (Å²) in [7, 11) is 0. The quantitative estimate of drug-likeness (QED) is 0.549. The van der Waals surface area contributed by atoms with Gasteiger partial charge in [-0.3, -0.25) is 0 Å². The highest BCUT2D eigenvalue weighted by Gasteiger charge is 2.04. The number of hydrogen-bond acceptors (Lipinski definition) is 2. The molecule has 0 radical (unpaired) electrons. The molecule has 0 bridgehead atoms. The number of halogens is 1. The summed E-state index contributed by atoms with van der Waals surface area (Å²) in [4.78, 5) is 11.9. The number of rotatable bonds is 6. The summed E-state index contributed by atoms with van der Waals surface area (Å²) in [6.07, 6.45) is 2.28. The molecule has 4 nitrogen and oxygen atoms in total. The maximum Gasteiger partial charge on any atom is 0.319 e. The van der Waals surface area contributed by atoms with Crippen molar-refractivity contribution in [3.8, 4) is 0 Å². The topological polar surface area (TPSA) is 67.1 Å². The molecule has 0 unspecified atom stereocenters. The molecule has 0 aliphatic carbocycles. The highest BCUT2D eigenvalue weighted by molar-refractivity contribution is 7.80. The summed E-state index contributed by atoms with van der Waals surface area (Å²) in [5, 5.41) is 5.07. The number of para-hydroxylation sites is 1. The van der Waals surface area contributed by atoms with Gasteiger partial charge in [0.2, 0.25) is 0 Å². The molecule has 0 heterocycles. The fraction of sp³-hybridized carbons (Fsp3) is 0.333. The molecule has 0 aliphatic rings. The number of carbonyl (C=O) groups excluding carboxylic acids is 1. The maximum absolute atomic E-state index is 13.2. The van der Waals surface area contributed by atoms with Gasteiger partial charge in [-0.1, -0.05) is 24.4 Å². The molecule has 0 atom stereocenters. The van der Waals surface area contributed by atoms with Crippen molar-refractivity contribution in [1.82, 2.24) is 5.32 Å². The Morgan fingerprint density at radius 2 is 2.06 bits per heavy atom. The molecule has 2 amide bonds. The molecular weight excluding hydrogens is 253 g/mol. The number of hydrogen-bond donors (Lipinski definition) is 3. The normalized spacial score (nSPS) is 9.83. The van der Waals surface area contributed by atoms with Crippen molar-refractivity contribution < 1.29 is 9.18 Å². The Morgan fingerprint density at radius 1 is 1.33 bits per heavy atom. The largest absolute Gasteiger partial charge is 0.393 e. The van der Waals surface area contributed by atoms with Crippen molar-refractivity contribution in [3.05, 3.63) is 30.1 Å². The van der Waals surface area contributed by atoms with Gasteiger partial charge >= 0.3 is 6.03 Å². The Morgan fingerprint density at radius 3 is 2.72 bits per heavy atom. The maximum atomic E-state index is 13.2. The number of urea groups is 1. The number of nitrogens with two attached hydrogens (primary N) is 1. The van der Waals surface area contributed by atoms with Crippen LogP contribution in [0.5, 0.6) is 0 Å². The molecule has 18 heavy (non-hydrogen) atoms. The van der Waals surface area contributed by atoms with Gasteiger partial charge in [0.15, 0.2) is 0 Å². The van der Waals surface area contributed by atoms with E-state index in [-0.39, 0.29) is 5.69 Å². The van der Waals surface area contributed by atoms with Crippen LogP contribution in [-0.2, 0) is 0 Å². The third-order valence-electron chi connectivity index (χ3n) is 2.26. The van der Waals surface area contributed by atoms with E-state index in [4.69, 9.17) is 18.0 Å². The summed E-state index contributed by atoms with van der Waals surface area (Å²) in [6, 6.07) is 5.59. The van der Waals surface area contributed by atoms with Gasteiger partial charge in [-0.05, 0) is 31.4 Å². The fourth-order valence-corrected chi connectivity index (χ4v) is 1.50. The average molecular weight is 269 g/mol. The molecule has 6 heteroatoms. The van der Waals surface area contributed by atoms with E-state index in [1.165, 1.54) is 12.1 Å². The van der Waals surface area contributed by atoms with Crippen molar-refractivity contribution in [3.63, 3.8) is 0 Å². The number of nitrogens with one attached hydrogen (secondary N) is 2. The Labute approximate surface area is 111 Å². The van der Waals surface area contributed by atoms with Crippen LogP contribution in [0.3, 0.4) is 0 Å². The average Bonchev–Trinajstić information content (AvgIpc) is 2.31. The Balaban J connectivity index is 2.22. The van der Waals surface area contributed by atoms with Crippen LogP contribution in [0.4, 0.5) is 14.9 Å². The van der Waals surface area contributed by atoms with E-state index in [0.717, 1.165) is 12.8 Å². The monoisotopic (exact) mass is 269 g/mol. The van der Waals surface area contributed by atoms with Gasteiger partial charge in [0, 0.05) is 6.54 Å². The number of carbonyl (C=O) groups is 1. The van der Waals surface area contributed by atoms with E-state index < -0.39 is 11.8 Å². The van der Waals surface area contributed by atoms with Crippen LogP contribution in [-0.4, -0.2) is 17.6 Å². The standard InChI is InChI=1S/C12H16FN3OS/c13-9-5-1-2-6-10(9)16-12(17)15-8-4-3-7-11(14)18/h1-2,5-6H,3-4,7-8H2,(H2,14,18)(H2,15,16,17). The van der Waals surface area contributed by atoms with Crippen LogP contribution >= 0.6 is 12.2 Å². The first kappa shape index (κ1) is 14.4. The molecule has 1 aromatic carbocycles. The molecule has 0 saturated heterocycles. The van der Waals surface area contributed by atoms with Crippen molar-refractivity contribution in [2.45, 2.75) is 19.3 Å². The number of thiocarbonyl (C=S) groups is 1. The van der Waals surface area contributed by atoms with Gasteiger partial charge in [-0.25, -0.2) is 9.18 Å². The SMILES string of the molecule is NC(=S)CCCCNC(=O)Nc1ccccc1F. The molecule has 0 aliphatic heterocycles. The molecule has 1 aromatic rings. The van der Waals surface area contributed by atoms with E-state index >= 15 is 0 Å². The highest BCUT2D eigenvalue weighted by atomic mass is 32.1. The van der Waals surface area contributed by atoms with Crippen LogP contribution in [0.25, 0.3) is 0 Å². The van der Waals surface area contributed by atoms with E-state index in [2.05, 4.69) is 10.6 Å². The van der Waals surface area contributed by atoms with E-state index in [0.29, 0.717) is 18.0 Å². The minimum Gasteiger partial charge on any atom is -0.393 e. The lowest BCUT2D eigenvalue weighted by Crippen LogP contribution is -2.29. The lowest BCUT2D eigenvalue weighted by molar-refractivity contribution is 0.252. The van der Waals surface area contributed by atoms with Crippen LogP contribution in [0, 0.1) is 5.82 Å². The second-order valence-electron chi connectivity index (χ2n) is 3.78. The van der Waals surface area contributed by atoms with Crippen molar-refractivity contribution in [2.75, 3.05) is 11.9 Å². The molecular formula is C12H16FN3OS. The second kappa shape index (κ2) is 7.60. The third-order valence-corrected chi connectivity index (χ3v) is 2.46. The molecule has 4 N–H and O–H groups in total. The van der Waals surface area contributed by atoms with E-state index in [1.54, 1.807) is 12.1 Å². The van der Waals surface area contributed by atoms with Gasteiger partial charge in [0.1, 0.15) is 5.82 Å². The summed E-state index contributed by atoms with van der Waals surface area (Å²) < 4.78 is 13.2. The van der Waals surface area contributed by atoms with Crippen LogP contribution in [0.1, 0.15) is 19.3 Å². The lowest BCUT2D eigenvalue weighted by atomic mass is 10.2.